The normalized spacial score (nSPS) is 18.8. The van der Waals surface area contributed by atoms with Gasteiger partial charge < -0.3 is 9.84 Å². The number of aliphatic hydroxyl groups excluding tert-OH is 1. The maximum Gasteiger partial charge on any atom is 0.351 e. The SMILES string of the molecule is CCCOC(=O)C(=C1SC=C(O)S1)S(C)(=O)=O. The van der Waals surface area contributed by atoms with Gasteiger partial charge in [-0.2, -0.15) is 0 Å². The summed E-state index contributed by atoms with van der Waals surface area (Å²) in [6.07, 6.45) is 1.56. The van der Waals surface area contributed by atoms with Gasteiger partial charge in [0.15, 0.2) is 19.8 Å². The molecule has 1 rings (SSSR count). The zero-order valence-corrected chi connectivity index (χ0v) is 11.7. The second-order valence-corrected chi connectivity index (χ2v) is 7.32. The Morgan fingerprint density at radius 3 is 2.59 bits per heavy atom. The molecule has 0 atom stereocenters. The van der Waals surface area contributed by atoms with Crippen LogP contribution >= 0.6 is 23.5 Å². The number of thioether (sulfide) groups is 2. The molecule has 0 fully saturated rings. The van der Waals surface area contributed by atoms with E-state index in [2.05, 4.69) is 0 Å². The standard InChI is InChI=1S/C9H12O5S3/c1-3-4-14-8(11)7(17(2,12)13)9-15-5-6(10)16-9/h5,10H,3-4H2,1-2H3. The van der Waals surface area contributed by atoms with Crippen molar-refractivity contribution < 1.29 is 23.1 Å². The Morgan fingerprint density at radius 2 is 2.18 bits per heavy atom. The van der Waals surface area contributed by atoms with Gasteiger partial charge in [0, 0.05) is 11.7 Å². The molecule has 1 aliphatic heterocycles. The number of aliphatic hydroxyl groups is 1. The van der Waals surface area contributed by atoms with Crippen LogP contribution in [0.2, 0.25) is 0 Å². The van der Waals surface area contributed by atoms with E-state index in [1.807, 2.05) is 6.92 Å². The quantitative estimate of drug-likeness (QED) is 0.627. The van der Waals surface area contributed by atoms with Gasteiger partial charge in [0.05, 0.1) is 10.8 Å². The Hall–Kier alpha value is -0.600. The van der Waals surface area contributed by atoms with Crippen LogP contribution in [0.3, 0.4) is 0 Å². The molecule has 17 heavy (non-hydrogen) atoms. The molecule has 0 aromatic heterocycles. The predicted octanol–water partition coefficient (Wildman–Crippen LogP) is 1.99. The summed E-state index contributed by atoms with van der Waals surface area (Å²) in [6, 6.07) is 0. The van der Waals surface area contributed by atoms with E-state index in [1.165, 1.54) is 5.41 Å². The van der Waals surface area contributed by atoms with Gasteiger partial charge in [-0.15, -0.1) is 0 Å². The Kier molecular flexibility index (Phi) is 4.96. The molecule has 0 bridgehead atoms. The molecule has 5 nitrogen and oxygen atoms in total. The number of carbonyl (C=O) groups is 1. The zero-order valence-electron chi connectivity index (χ0n) is 9.30. The Bertz CT molecular complexity index is 475. The summed E-state index contributed by atoms with van der Waals surface area (Å²) in [5, 5.41) is 10.5. The molecule has 0 saturated carbocycles. The number of ether oxygens (including phenoxy) is 1. The molecule has 96 valence electrons. The molecule has 0 aromatic carbocycles. The van der Waals surface area contributed by atoms with Crippen LogP contribution in [0.15, 0.2) is 19.6 Å². The van der Waals surface area contributed by atoms with Crippen molar-refractivity contribution in [1.29, 1.82) is 0 Å². The van der Waals surface area contributed by atoms with Crippen molar-refractivity contribution in [1.82, 2.24) is 0 Å². The summed E-state index contributed by atoms with van der Waals surface area (Å²) in [6.45, 7) is 1.98. The fourth-order valence-electron chi connectivity index (χ4n) is 0.993. The molecule has 0 aromatic rings. The number of esters is 1. The van der Waals surface area contributed by atoms with Crippen LogP contribution in [0.1, 0.15) is 13.3 Å². The molecule has 0 unspecified atom stereocenters. The van der Waals surface area contributed by atoms with Gasteiger partial charge in [-0.1, -0.05) is 18.7 Å². The first-order valence-corrected chi connectivity index (χ1v) is 8.30. The maximum atomic E-state index is 11.7. The molecule has 0 spiro atoms. The van der Waals surface area contributed by atoms with Gasteiger partial charge in [-0.05, 0) is 18.2 Å². The van der Waals surface area contributed by atoms with Crippen LogP contribution in [-0.4, -0.2) is 32.4 Å². The third kappa shape index (κ3) is 3.97. The van der Waals surface area contributed by atoms with Gasteiger partial charge in [-0.25, -0.2) is 13.2 Å². The molecular weight excluding hydrogens is 284 g/mol. The molecule has 0 saturated heterocycles. The average molecular weight is 296 g/mol. The van der Waals surface area contributed by atoms with Crippen molar-refractivity contribution in [3.05, 3.63) is 19.6 Å². The lowest BCUT2D eigenvalue weighted by Crippen LogP contribution is -2.16. The summed E-state index contributed by atoms with van der Waals surface area (Å²) >= 11 is 1.84. The highest BCUT2D eigenvalue weighted by atomic mass is 32.2. The van der Waals surface area contributed by atoms with Crippen molar-refractivity contribution >= 4 is 39.3 Å². The molecule has 0 radical (unpaired) electrons. The summed E-state index contributed by atoms with van der Waals surface area (Å²) < 4.78 is 28.1. The van der Waals surface area contributed by atoms with Crippen LogP contribution in [0.25, 0.3) is 0 Å². The number of sulfone groups is 1. The van der Waals surface area contributed by atoms with Crippen molar-refractivity contribution in [2.75, 3.05) is 12.9 Å². The van der Waals surface area contributed by atoms with Gasteiger partial charge in [0.25, 0.3) is 0 Å². The largest absolute Gasteiger partial charge is 0.501 e. The zero-order chi connectivity index (χ0) is 13.1. The third-order valence-electron chi connectivity index (χ3n) is 1.64. The summed E-state index contributed by atoms with van der Waals surface area (Å²) in [7, 11) is -3.68. The van der Waals surface area contributed by atoms with Crippen LogP contribution in [0.4, 0.5) is 0 Å². The Morgan fingerprint density at radius 1 is 1.53 bits per heavy atom. The van der Waals surface area contributed by atoms with Gasteiger partial charge in [-0.3, -0.25) is 0 Å². The third-order valence-corrected chi connectivity index (χ3v) is 5.18. The highest BCUT2D eigenvalue weighted by Crippen LogP contribution is 2.45. The predicted molar refractivity (Wildman–Crippen MR) is 69.0 cm³/mol. The minimum absolute atomic E-state index is 0.0329. The van der Waals surface area contributed by atoms with E-state index in [0.717, 1.165) is 29.8 Å². The van der Waals surface area contributed by atoms with E-state index in [0.29, 0.717) is 6.42 Å². The van der Waals surface area contributed by atoms with E-state index in [1.54, 1.807) is 0 Å². The van der Waals surface area contributed by atoms with Crippen LogP contribution in [0.5, 0.6) is 0 Å². The van der Waals surface area contributed by atoms with Gasteiger partial charge >= 0.3 is 5.97 Å². The minimum atomic E-state index is -3.68. The van der Waals surface area contributed by atoms with Crippen LogP contribution in [-0.2, 0) is 19.4 Å². The Labute approximate surface area is 108 Å². The van der Waals surface area contributed by atoms with Crippen LogP contribution in [0, 0.1) is 0 Å². The second-order valence-electron chi connectivity index (χ2n) is 3.20. The van der Waals surface area contributed by atoms with E-state index in [-0.39, 0.29) is 20.8 Å². The summed E-state index contributed by atoms with van der Waals surface area (Å²) in [5.41, 5.74) is 0. The lowest BCUT2D eigenvalue weighted by Gasteiger charge is -2.07. The number of hydrogen-bond acceptors (Lipinski definition) is 7. The van der Waals surface area contributed by atoms with Crippen molar-refractivity contribution in [2.45, 2.75) is 13.3 Å². The Balaban J connectivity index is 3.03. The number of rotatable bonds is 4. The topological polar surface area (TPSA) is 80.7 Å². The molecule has 0 amide bonds. The van der Waals surface area contributed by atoms with Crippen LogP contribution < -0.4 is 0 Å². The minimum Gasteiger partial charge on any atom is -0.501 e. The number of hydrogen-bond donors (Lipinski definition) is 1. The van der Waals surface area contributed by atoms with E-state index in [4.69, 9.17) is 4.74 Å². The highest BCUT2D eigenvalue weighted by Gasteiger charge is 2.30. The highest BCUT2D eigenvalue weighted by molar-refractivity contribution is 8.28. The fourth-order valence-corrected chi connectivity index (χ4v) is 4.53. The maximum absolute atomic E-state index is 11.7. The number of carbonyl (C=O) groups excluding carboxylic acids is 1. The molecule has 0 aliphatic carbocycles. The van der Waals surface area contributed by atoms with Crippen molar-refractivity contribution in [3.8, 4) is 0 Å². The van der Waals surface area contributed by atoms with Crippen molar-refractivity contribution in [2.24, 2.45) is 0 Å². The van der Waals surface area contributed by atoms with E-state index < -0.39 is 15.8 Å². The van der Waals surface area contributed by atoms with Crippen molar-refractivity contribution in [3.63, 3.8) is 0 Å². The molecule has 1 aliphatic rings. The first-order chi connectivity index (χ1) is 7.86. The smallest absolute Gasteiger partial charge is 0.351 e. The first-order valence-electron chi connectivity index (χ1n) is 4.71. The molecule has 1 heterocycles. The van der Waals surface area contributed by atoms with E-state index >= 15 is 0 Å². The first kappa shape index (κ1) is 14.5. The summed E-state index contributed by atoms with van der Waals surface area (Å²) in [4.78, 5) is 11.3. The second kappa shape index (κ2) is 5.83. The summed E-state index contributed by atoms with van der Waals surface area (Å²) in [5.74, 6) is -0.868. The fraction of sp³-hybridized carbons (Fsp3) is 0.444. The van der Waals surface area contributed by atoms with Gasteiger partial charge in [0.2, 0.25) is 0 Å². The molecule has 1 N–H and O–H groups in total. The molecular formula is C9H12O5S3. The lowest BCUT2D eigenvalue weighted by atomic mass is 10.5. The monoisotopic (exact) mass is 296 g/mol. The lowest BCUT2D eigenvalue weighted by molar-refractivity contribution is -0.138. The molecule has 8 heteroatoms. The van der Waals surface area contributed by atoms with Gasteiger partial charge in [0.1, 0.15) is 0 Å². The average Bonchev–Trinajstić information content (AvgIpc) is 2.59. The van der Waals surface area contributed by atoms with E-state index in [9.17, 15) is 18.3 Å².